The molecule has 3 amide bonds. The van der Waals surface area contributed by atoms with Gasteiger partial charge in [-0.25, -0.2) is 4.79 Å². The molecule has 3 N–H and O–H groups in total. The first-order valence-corrected chi connectivity index (χ1v) is 10.7. The largest absolute Gasteiger partial charge is 0.377 e. The highest BCUT2D eigenvalue weighted by Crippen LogP contribution is 2.62. The zero-order chi connectivity index (χ0) is 19.5. The van der Waals surface area contributed by atoms with Crippen LogP contribution in [0.5, 0.6) is 0 Å². The minimum atomic E-state index is -0.793. The van der Waals surface area contributed by atoms with Gasteiger partial charge in [-0.2, -0.15) is 0 Å². The van der Waals surface area contributed by atoms with Crippen molar-refractivity contribution in [1.29, 1.82) is 0 Å². The lowest BCUT2D eigenvalue weighted by molar-refractivity contribution is -0.171. The first-order chi connectivity index (χ1) is 13.5. The number of aliphatic imine (C=N–C) groups is 1. The van der Waals surface area contributed by atoms with Crippen molar-refractivity contribution >= 4 is 17.9 Å². The number of rotatable bonds is 2. The van der Waals surface area contributed by atoms with Crippen molar-refractivity contribution in [1.82, 2.24) is 20.9 Å². The topological polar surface area (TPSA) is 95.1 Å². The molecule has 154 valence electrons. The lowest BCUT2D eigenvalue weighted by Gasteiger charge is -2.63. The van der Waals surface area contributed by atoms with E-state index in [1.54, 1.807) is 0 Å². The van der Waals surface area contributed by atoms with Gasteiger partial charge in [0.1, 0.15) is 5.54 Å². The number of nitrogens with one attached hydrogen (secondary N) is 3. The number of ether oxygens (including phenoxy) is 1. The average Bonchev–Trinajstić information content (AvgIpc) is 3.17. The van der Waals surface area contributed by atoms with Crippen molar-refractivity contribution in [2.45, 2.75) is 63.1 Å². The molecule has 4 atom stereocenters. The van der Waals surface area contributed by atoms with Crippen molar-refractivity contribution < 1.29 is 14.3 Å². The standard InChI is InChI=1S/C20H31N5O3/c1-19(16(26)23-18(27)24-19)12-4-9-25(10-5-12)17(21-2)22-14-13-6-11-28-15(13)20(14)7-3-8-20/h12-15H,3-11H2,1-2H3,(H,21,22)(H2,23,24,26,27). The van der Waals surface area contributed by atoms with Crippen LogP contribution in [0.1, 0.15) is 45.4 Å². The van der Waals surface area contributed by atoms with Crippen molar-refractivity contribution in [3.63, 3.8) is 0 Å². The van der Waals surface area contributed by atoms with Crippen LogP contribution in [0.3, 0.4) is 0 Å². The van der Waals surface area contributed by atoms with E-state index in [4.69, 9.17) is 4.74 Å². The molecule has 0 aromatic heterocycles. The molecule has 0 radical (unpaired) electrons. The van der Waals surface area contributed by atoms with Crippen LogP contribution in [0.15, 0.2) is 4.99 Å². The van der Waals surface area contributed by atoms with E-state index < -0.39 is 5.54 Å². The van der Waals surface area contributed by atoms with Crippen LogP contribution in [0, 0.1) is 17.3 Å². The van der Waals surface area contributed by atoms with Crippen LogP contribution >= 0.6 is 0 Å². The first-order valence-electron chi connectivity index (χ1n) is 10.7. The minimum Gasteiger partial charge on any atom is -0.377 e. The number of urea groups is 1. The highest BCUT2D eigenvalue weighted by molar-refractivity contribution is 6.07. The Morgan fingerprint density at radius 3 is 2.57 bits per heavy atom. The van der Waals surface area contributed by atoms with E-state index in [2.05, 4.69) is 25.8 Å². The number of carbonyl (C=O) groups excluding carboxylic acids is 2. The number of piperidine rings is 1. The molecule has 4 unspecified atom stereocenters. The predicted octanol–water partition coefficient (Wildman–Crippen LogP) is 0.830. The number of nitrogens with zero attached hydrogens (tertiary/aromatic N) is 2. The maximum absolute atomic E-state index is 12.2. The summed E-state index contributed by atoms with van der Waals surface area (Å²) in [7, 11) is 1.86. The Hall–Kier alpha value is -1.83. The second-order valence-electron chi connectivity index (χ2n) is 9.37. The molecule has 0 bridgehead atoms. The van der Waals surface area contributed by atoms with E-state index in [9.17, 15) is 9.59 Å². The van der Waals surface area contributed by atoms with E-state index in [0.29, 0.717) is 23.5 Å². The Morgan fingerprint density at radius 2 is 2.00 bits per heavy atom. The third-order valence-electron chi connectivity index (χ3n) is 8.22. The van der Waals surface area contributed by atoms with E-state index >= 15 is 0 Å². The molecule has 3 saturated heterocycles. The first kappa shape index (κ1) is 18.2. The molecule has 2 aliphatic carbocycles. The Morgan fingerprint density at radius 1 is 1.25 bits per heavy atom. The molecule has 3 heterocycles. The highest BCUT2D eigenvalue weighted by atomic mass is 16.5. The lowest BCUT2D eigenvalue weighted by atomic mass is 9.46. The van der Waals surface area contributed by atoms with Gasteiger partial charge in [-0.3, -0.25) is 15.1 Å². The molecule has 5 aliphatic rings. The van der Waals surface area contributed by atoms with E-state index in [0.717, 1.165) is 44.9 Å². The van der Waals surface area contributed by atoms with Gasteiger partial charge in [-0.05, 0) is 44.9 Å². The molecule has 3 aliphatic heterocycles. The summed E-state index contributed by atoms with van der Waals surface area (Å²) in [4.78, 5) is 30.7. The van der Waals surface area contributed by atoms with Crippen molar-refractivity contribution in [3.05, 3.63) is 0 Å². The summed E-state index contributed by atoms with van der Waals surface area (Å²) in [6, 6.07) is 0.0964. The van der Waals surface area contributed by atoms with Gasteiger partial charge in [0.2, 0.25) is 0 Å². The van der Waals surface area contributed by atoms with Crippen LogP contribution in [0.25, 0.3) is 0 Å². The summed E-state index contributed by atoms with van der Waals surface area (Å²) in [5.41, 5.74) is -0.465. The third-order valence-corrected chi connectivity index (χ3v) is 8.22. The van der Waals surface area contributed by atoms with Crippen LogP contribution in [0.2, 0.25) is 0 Å². The van der Waals surface area contributed by atoms with Crippen LogP contribution < -0.4 is 16.0 Å². The minimum absolute atomic E-state index is 0.141. The number of likely N-dealkylation sites (tertiary alicyclic amines) is 1. The summed E-state index contributed by atoms with van der Waals surface area (Å²) in [5, 5.41) is 9.01. The van der Waals surface area contributed by atoms with Crippen molar-refractivity contribution in [3.8, 4) is 0 Å². The third kappa shape index (κ3) is 2.42. The fourth-order valence-electron chi connectivity index (χ4n) is 6.41. The summed E-state index contributed by atoms with van der Waals surface area (Å²) >= 11 is 0. The molecule has 0 aromatic carbocycles. The van der Waals surface area contributed by atoms with E-state index in [1.165, 1.54) is 19.3 Å². The Labute approximate surface area is 165 Å². The van der Waals surface area contributed by atoms with Gasteiger partial charge in [0.15, 0.2) is 5.96 Å². The second kappa shape index (κ2) is 6.34. The van der Waals surface area contributed by atoms with Gasteiger partial charge >= 0.3 is 6.03 Å². The Balaban J connectivity index is 1.22. The fourth-order valence-corrected chi connectivity index (χ4v) is 6.41. The number of guanidine groups is 1. The molecule has 0 aromatic rings. The maximum atomic E-state index is 12.2. The van der Waals surface area contributed by atoms with Gasteiger partial charge < -0.3 is 20.3 Å². The maximum Gasteiger partial charge on any atom is 0.322 e. The zero-order valence-corrected chi connectivity index (χ0v) is 16.8. The summed E-state index contributed by atoms with van der Waals surface area (Å²) in [6.07, 6.45) is 7.14. The SMILES string of the molecule is CN=C(NC1C2CCOC2C12CCC2)N1CCC(C2(C)NC(=O)NC2=O)CC1. The number of hydrogen-bond acceptors (Lipinski definition) is 4. The summed E-state index contributed by atoms with van der Waals surface area (Å²) in [6.45, 7) is 4.42. The van der Waals surface area contributed by atoms with Crippen LogP contribution in [-0.4, -0.2) is 67.2 Å². The number of carbonyl (C=O) groups is 2. The zero-order valence-electron chi connectivity index (χ0n) is 16.8. The van der Waals surface area contributed by atoms with E-state index in [-0.39, 0.29) is 17.9 Å². The van der Waals surface area contributed by atoms with Gasteiger partial charge in [-0.15, -0.1) is 0 Å². The lowest BCUT2D eigenvalue weighted by Crippen LogP contribution is -2.72. The number of fused-ring (bicyclic) bond motifs is 2. The Kier molecular flexibility index (Phi) is 4.12. The monoisotopic (exact) mass is 389 g/mol. The van der Waals surface area contributed by atoms with E-state index in [1.807, 2.05) is 14.0 Å². The van der Waals surface area contributed by atoms with Crippen molar-refractivity contribution in [2.24, 2.45) is 22.2 Å². The van der Waals surface area contributed by atoms with Crippen LogP contribution in [-0.2, 0) is 9.53 Å². The summed E-state index contributed by atoms with van der Waals surface area (Å²) in [5.74, 6) is 1.53. The molecular formula is C20H31N5O3. The number of imide groups is 1. The molecule has 5 fully saturated rings. The molecule has 8 heteroatoms. The molecule has 1 spiro atoms. The summed E-state index contributed by atoms with van der Waals surface area (Å²) < 4.78 is 6.04. The average molecular weight is 390 g/mol. The molecule has 28 heavy (non-hydrogen) atoms. The number of amides is 3. The highest BCUT2D eigenvalue weighted by Gasteiger charge is 2.67. The van der Waals surface area contributed by atoms with Gasteiger partial charge in [0, 0.05) is 44.1 Å². The van der Waals surface area contributed by atoms with Crippen molar-refractivity contribution in [2.75, 3.05) is 26.7 Å². The number of hydrogen-bond donors (Lipinski definition) is 3. The smallest absolute Gasteiger partial charge is 0.322 e. The fraction of sp³-hybridized carbons (Fsp3) is 0.850. The predicted molar refractivity (Wildman–Crippen MR) is 104 cm³/mol. The quantitative estimate of drug-likeness (QED) is 0.369. The normalized spacial score (nSPS) is 39.9. The molecular weight excluding hydrogens is 358 g/mol. The van der Waals surface area contributed by atoms with Crippen LogP contribution in [0.4, 0.5) is 4.79 Å². The van der Waals surface area contributed by atoms with Gasteiger partial charge in [-0.1, -0.05) is 6.42 Å². The molecule has 2 saturated carbocycles. The van der Waals surface area contributed by atoms with Gasteiger partial charge in [0.25, 0.3) is 5.91 Å². The second-order valence-corrected chi connectivity index (χ2v) is 9.37. The molecule has 8 nitrogen and oxygen atoms in total. The Bertz CT molecular complexity index is 713. The molecule has 5 rings (SSSR count). The van der Waals surface area contributed by atoms with Gasteiger partial charge in [0.05, 0.1) is 6.10 Å².